The summed E-state index contributed by atoms with van der Waals surface area (Å²) in [6, 6.07) is 14.4. The summed E-state index contributed by atoms with van der Waals surface area (Å²) in [4.78, 5) is 16.8. The molecule has 23 heavy (non-hydrogen) atoms. The van der Waals surface area contributed by atoms with Crippen LogP contribution in [0.3, 0.4) is 0 Å². The van der Waals surface area contributed by atoms with Crippen LogP contribution in [-0.2, 0) is 6.42 Å². The zero-order chi connectivity index (χ0) is 16.0. The normalized spacial score (nSPS) is 16.4. The van der Waals surface area contributed by atoms with Crippen molar-refractivity contribution in [3.8, 4) is 0 Å². The van der Waals surface area contributed by atoms with Crippen molar-refractivity contribution < 1.29 is 4.79 Å². The van der Waals surface area contributed by atoms with E-state index in [-0.39, 0.29) is 6.17 Å². The molecule has 0 bridgehead atoms. The van der Waals surface area contributed by atoms with Crippen LogP contribution in [0.5, 0.6) is 0 Å². The van der Waals surface area contributed by atoms with Crippen LogP contribution in [-0.4, -0.2) is 18.3 Å². The zero-order valence-electron chi connectivity index (χ0n) is 13.3. The fourth-order valence-corrected chi connectivity index (χ4v) is 3.40. The summed E-state index contributed by atoms with van der Waals surface area (Å²) < 4.78 is 0. The number of hydrogen-bond acceptors (Lipinski definition) is 3. The van der Waals surface area contributed by atoms with Gasteiger partial charge in [-0.15, -0.1) is 0 Å². The Kier molecular flexibility index (Phi) is 3.11. The van der Waals surface area contributed by atoms with Crippen molar-refractivity contribution in [2.75, 3.05) is 17.3 Å². The number of aldehydes is 1. The van der Waals surface area contributed by atoms with Crippen molar-refractivity contribution in [1.82, 2.24) is 4.98 Å². The minimum atomic E-state index is 0.0454. The Morgan fingerprint density at radius 1 is 1.22 bits per heavy atom. The number of anilines is 2. The van der Waals surface area contributed by atoms with Gasteiger partial charge >= 0.3 is 0 Å². The second-order valence-corrected chi connectivity index (χ2v) is 6.01. The second-order valence-electron chi connectivity index (χ2n) is 6.01. The number of rotatable bonds is 3. The lowest BCUT2D eigenvalue weighted by molar-refractivity contribution is 0.112. The molecule has 4 heteroatoms. The number of nitrogens with zero attached hydrogens (tertiary/aromatic N) is 1. The van der Waals surface area contributed by atoms with Crippen molar-refractivity contribution in [3.05, 3.63) is 59.3 Å². The van der Waals surface area contributed by atoms with E-state index in [1.165, 1.54) is 16.5 Å². The molecule has 116 valence electrons. The summed E-state index contributed by atoms with van der Waals surface area (Å²) in [5.74, 6) is 0. The Balaban J connectivity index is 1.76. The topological polar surface area (TPSA) is 48.1 Å². The van der Waals surface area contributed by atoms with E-state index >= 15 is 0 Å². The Hall–Kier alpha value is -2.75. The number of hydrogen-bond donors (Lipinski definition) is 2. The summed E-state index contributed by atoms with van der Waals surface area (Å²) in [6.07, 6.45) is 1.93. The van der Waals surface area contributed by atoms with Gasteiger partial charge in [0, 0.05) is 23.5 Å². The van der Waals surface area contributed by atoms with E-state index < -0.39 is 0 Å². The van der Waals surface area contributed by atoms with Gasteiger partial charge in [-0.1, -0.05) is 25.1 Å². The molecule has 4 rings (SSSR count). The molecular weight excluding hydrogens is 286 g/mol. The largest absolute Gasteiger partial charge is 0.359 e. The number of aryl methyl sites for hydroxylation is 1. The number of para-hydroxylation sites is 1. The third kappa shape index (κ3) is 2.10. The molecule has 0 saturated carbocycles. The van der Waals surface area contributed by atoms with Crippen molar-refractivity contribution in [3.63, 3.8) is 0 Å². The van der Waals surface area contributed by atoms with Gasteiger partial charge in [0.05, 0.1) is 17.1 Å². The standard InChI is InChI=1S/C19H19N3O/c1-3-13-5-4-6-14-10-16(20-18(13)14)19-21-15-9-12(11-23)7-8-17(15)22(19)2/h4-11,19-21H,3H2,1-2H3. The lowest BCUT2D eigenvalue weighted by atomic mass is 10.1. The second kappa shape index (κ2) is 5.16. The average molecular weight is 305 g/mol. The molecule has 1 aliphatic heterocycles. The maximum atomic E-state index is 11.0. The predicted octanol–water partition coefficient (Wildman–Crippen LogP) is 4.10. The minimum absolute atomic E-state index is 0.0454. The van der Waals surface area contributed by atoms with E-state index in [9.17, 15) is 4.79 Å². The molecule has 2 aromatic carbocycles. The average Bonchev–Trinajstić information content (AvgIpc) is 3.15. The number of carbonyl (C=O) groups is 1. The third-order valence-electron chi connectivity index (χ3n) is 4.66. The van der Waals surface area contributed by atoms with Crippen molar-refractivity contribution in [1.29, 1.82) is 0 Å². The van der Waals surface area contributed by atoms with Crippen molar-refractivity contribution in [2.45, 2.75) is 19.5 Å². The fourth-order valence-electron chi connectivity index (χ4n) is 3.40. The van der Waals surface area contributed by atoms with Crippen molar-refractivity contribution in [2.24, 2.45) is 0 Å². The molecule has 1 unspecified atom stereocenters. The summed E-state index contributed by atoms with van der Waals surface area (Å²) >= 11 is 0. The van der Waals surface area contributed by atoms with Gasteiger partial charge < -0.3 is 15.2 Å². The van der Waals surface area contributed by atoms with Crippen LogP contribution in [0.25, 0.3) is 10.9 Å². The van der Waals surface area contributed by atoms with Crippen LogP contribution in [0, 0.1) is 0 Å². The highest BCUT2D eigenvalue weighted by molar-refractivity contribution is 5.87. The van der Waals surface area contributed by atoms with Gasteiger partial charge in [-0.3, -0.25) is 4.79 Å². The number of H-pyrrole nitrogens is 1. The maximum Gasteiger partial charge on any atom is 0.150 e. The molecule has 0 radical (unpaired) electrons. The fraction of sp³-hybridized carbons (Fsp3) is 0.211. The van der Waals surface area contributed by atoms with Crippen LogP contribution in [0.2, 0.25) is 0 Å². The lowest BCUT2D eigenvalue weighted by Gasteiger charge is -2.21. The SMILES string of the molecule is CCc1cccc2cc(C3Nc4cc(C=O)ccc4N3C)[nH]c12. The van der Waals surface area contributed by atoms with Crippen LogP contribution >= 0.6 is 0 Å². The molecular formula is C19H19N3O. The molecule has 1 aromatic heterocycles. The Morgan fingerprint density at radius 3 is 2.87 bits per heavy atom. The quantitative estimate of drug-likeness (QED) is 0.716. The molecule has 0 aliphatic carbocycles. The molecule has 0 spiro atoms. The number of carbonyl (C=O) groups excluding carboxylic acids is 1. The summed E-state index contributed by atoms with van der Waals surface area (Å²) in [5.41, 5.74) is 6.47. The molecule has 2 N–H and O–H groups in total. The summed E-state index contributed by atoms with van der Waals surface area (Å²) in [7, 11) is 2.07. The Bertz CT molecular complexity index is 897. The number of fused-ring (bicyclic) bond motifs is 2. The zero-order valence-corrected chi connectivity index (χ0v) is 13.3. The van der Waals surface area contributed by atoms with E-state index in [1.807, 2.05) is 18.2 Å². The first-order valence-corrected chi connectivity index (χ1v) is 7.90. The van der Waals surface area contributed by atoms with Crippen LogP contribution in [0.15, 0.2) is 42.5 Å². The van der Waals surface area contributed by atoms with Gasteiger partial charge in [0.1, 0.15) is 12.5 Å². The van der Waals surface area contributed by atoms with E-state index in [2.05, 4.69) is 53.4 Å². The monoisotopic (exact) mass is 305 g/mol. The number of benzene rings is 2. The first-order chi connectivity index (χ1) is 11.2. The number of nitrogens with one attached hydrogen (secondary N) is 2. The van der Waals surface area contributed by atoms with E-state index in [0.29, 0.717) is 5.56 Å². The highest BCUT2D eigenvalue weighted by Crippen LogP contribution is 2.40. The molecule has 4 nitrogen and oxygen atoms in total. The molecule has 2 heterocycles. The maximum absolute atomic E-state index is 11.0. The minimum Gasteiger partial charge on any atom is -0.359 e. The number of aromatic nitrogens is 1. The molecule has 3 aromatic rings. The van der Waals surface area contributed by atoms with Gasteiger partial charge in [-0.25, -0.2) is 0 Å². The Labute approximate surface area is 135 Å². The smallest absolute Gasteiger partial charge is 0.150 e. The molecule has 0 fully saturated rings. The summed E-state index contributed by atoms with van der Waals surface area (Å²) in [5, 5.41) is 4.74. The van der Waals surface area contributed by atoms with Gasteiger partial charge in [0.25, 0.3) is 0 Å². The van der Waals surface area contributed by atoms with Gasteiger partial charge in [0.2, 0.25) is 0 Å². The van der Waals surface area contributed by atoms with E-state index in [1.54, 1.807) is 0 Å². The molecule has 0 amide bonds. The van der Waals surface area contributed by atoms with Gasteiger partial charge in [0.15, 0.2) is 0 Å². The first-order valence-electron chi connectivity index (χ1n) is 7.90. The van der Waals surface area contributed by atoms with E-state index in [4.69, 9.17) is 0 Å². The summed E-state index contributed by atoms with van der Waals surface area (Å²) in [6.45, 7) is 2.17. The van der Waals surface area contributed by atoms with Crippen LogP contribution in [0.1, 0.15) is 34.7 Å². The predicted molar refractivity (Wildman–Crippen MR) is 94.3 cm³/mol. The number of aromatic amines is 1. The highest BCUT2D eigenvalue weighted by atomic mass is 16.1. The van der Waals surface area contributed by atoms with E-state index in [0.717, 1.165) is 29.8 Å². The first kappa shape index (κ1) is 13.9. The molecule has 0 saturated heterocycles. The highest BCUT2D eigenvalue weighted by Gasteiger charge is 2.28. The molecule has 1 atom stereocenters. The third-order valence-corrected chi connectivity index (χ3v) is 4.66. The van der Waals surface area contributed by atoms with Gasteiger partial charge in [-0.05, 0) is 36.2 Å². The Morgan fingerprint density at radius 2 is 2.09 bits per heavy atom. The van der Waals surface area contributed by atoms with Gasteiger partial charge in [-0.2, -0.15) is 0 Å². The molecule has 1 aliphatic rings. The lowest BCUT2D eigenvalue weighted by Crippen LogP contribution is -2.23. The van der Waals surface area contributed by atoms with Crippen molar-refractivity contribution >= 4 is 28.6 Å². The van der Waals surface area contributed by atoms with Crippen LogP contribution < -0.4 is 10.2 Å². The van der Waals surface area contributed by atoms with Crippen LogP contribution in [0.4, 0.5) is 11.4 Å².